The molecule has 0 saturated carbocycles. The number of aryl methyl sites for hydroxylation is 1. The van der Waals surface area contributed by atoms with Crippen molar-refractivity contribution in [3.63, 3.8) is 0 Å². The van der Waals surface area contributed by atoms with Crippen LogP contribution in [0, 0.1) is 18.6 Å². The molecule has 0 spiro atoms. The van der Waals surface area contributed by atoms with Gasteiger partial charge in [0.2, 0.25) is 0 Å². The van der Waals surface area contributed by atoms with Crippen molar-refractivity contribution >= 4 is 16.8 Å². The molecule has 214 valence electrons. The number of nitrogens with one attached hydrogen (secondary N) is 1. The molecule has 1 aliphatic heterocycles. The summed E-state index contributed by atoms with van der Waals surface area (Å²) in [5, 5.41) is 33.0. The quantitative estimate of drug-likeness (QED) is 0.308. The van der Waals surface area contributed by atoms with Gasteiger partial charge in [0, 0.05) is 28.5 Å². The Hall–Kier alpha value is -4.06. The van der Waals surface area contributed by atoms with Crippen LogP contribution in [-0.2, 0) is 15.9 Å². The van der Waals surface area contributed by atoms with Crippen LogP contribution in [0.2, 0.25) is 0 Å². The van der Waals surface area contributed by atoms with Crippen LogP contribution < -0.4 is 10.1 Å². The van der Waals surface area contributed by atoms with E-state index >= 15 is 4.39 Å². The zero-order valence-corrected chi connectivity index (χ0v) is 23.0. The number of aliphatic hydroxyl groups excluding tert-OH is 1. The molecule has 1 fully saturated rings. The van der Waals surface area contributed by atoms with Gasteiger partial charge >= 0.3 is 0 Å². The molecule has 9 nitrogen and oxygen atoms in total. The molecule has 2 aromatic heterocycles. The van der Waals surface area contributed by atoms with Gasteiger partial charge in [-0.1, -0.05) is 0 Å². The summed E-state index contributed by atoms with van der Waals surface area (Å²) in [4.78, 5) is 17.9. The van der Waals surface area contributed by atoms with Crippen molar-refractivity contribution in [2.75, 3.05) is 20.3 Å². The van der Waals surface area contributed by atoms with Gasteiger partial charge in [0.05, 0.1) is 43.4 Å². The number of pyridine rings is 1. The number of benzene rings is 2. The number of fused-ring (bicyclic) bond motifs is 1. The van der Waals surface area contributed by atoms with Crippen LogP contribution in [0.15, 0.2) is 48.5 Å². The molecule has 4 aromatic rings. The van der Waals surface area contributed by atoms with Crippen LogP contribution in [0.3, 0.4) is 0 Å². The number of halogens is 2. The van der Waals surface area contributed by atoms with E-state index in [-0.39, 0.29) is 42.1 Å². The van der Waals surface area contributed by atoms with Crippen molar-refractivity contribution in [3.8, 4) is 17.0 Å². The molecule has 1 saturated heterocycles. The summed E-state index contributed by atoms with van der Waals surface area (Å²) in [5.41, 5.74) is -1.17. The second kappa shape index (κ2) is 10.7. The minimum Gasteiger partial charge on any atom is -0.494 e. The van der Waals surface area contributed by atoms with Crippen LogP contribution >= 0.6 is 0 Å². The number of methoxy groups -OCH3 is 1. The summed E-state index contributed by atoms with van der Waals surface area (Å²) in [7, 11) is 1.47. The Morgan fingerprint density at radius 3 is 2.54 bits per heavy atom. The Labute approximate surface area is 235 Å². The number of rotatable bonds is 7. The van der Waals surface area contributed by atoms with Crippen LogP contribution in [0.5, 0.6) is 5.75 Å². The highest BCUT2D eigenvalue weighted by atomic mass is 19.1. The first-order chi connectivity index (χ1) is 19.4. The molecule has 41 heavy (non-hydrogen) atoms. The third kappa shape index (κ3) is 5.61. The number of carbonyl (C=O) groups excluding carboxylic acids is 1. The molecule has 2 atom stereocenters. The topological polar surface area (TPSA) is 127 Å². The van der Waals surface area contributed by atoms with Gasteiger partial charge < -0.3 is 25.0 Å². The van der Waals surface area contributed by atoms with Gasteiger partial charge in [0.25, 0.3) is 5.91 Å². The molecule has 0 radical (unpaired) electrons. The maximum Gasteiger partial charge on any atom is 0.251 e. The van der Waals surface area contributed by atoms with Gasteiger partial charge in [-0.05, 0) is 69.3 Å². The minimum atomic E-state index is -1.61. The fourth-order valence-electron chi connectivity index (χ4n) is 4.99. The number of carbonyl (C=O) groups is 1. The van der Waals surface area contributed by atoms with Crippen molar-refractivity contribution in [2.45, 2.75) is 44.5 Å². The predicted molar refractivity (Wildman–Crippen MR) is 146 cm³/mol. The third-order valence-electron chi connectivity index (χ3n) is 7.11. The van der Waals surface area contributed by atoms with Crippen molar-refractivity contribution in [1.29, 1.82) is 0 Å². The molecule has 3 heterocycles. The minimum absolute atomic E-state index is 0.0413. The molecule has 0 bridgehead atoms. The monoisotopic (exact) mass is 564 g/mol. The molecule has 1 aliphatic rings. The lowest BCUT2D eigenvalue weighted by Gasteiger charge is -2.30. The Morgan fingerprint density at radius 1 is 1.17 bits per heavy atom. The Morgan fingerprint density at radius 2 is 1.90 bits per heavy atom. The van der Waals surface area contributed by atoms with E-state index in [0.29, 0.717) is 27.9 Å². The first kappa shape index (κ1) is 28.5. The van der Waals surface area contributed by atoms with Crippen molar-refractivity contribution < 1.29 is 33.3 Å². The lowest BCUT2D eigenvalue weighted by atomic mass is 9.88. The molecule has 2 aromatic carbocycles. The third-order valence-corrected chi connectivity index (χ3v) is 7.11. The van der Waals surface area contributed by atoms with Gasteiger partial charge in [-0.15, -0.1) is 5.10 Å². The van der Waals surface area contributed by atoms with Crippen LogP contribution in [0.25, 0.3) is 22.2 Å². The molecule has 1 amide bonds. The number of amides is 1. The number of aliphatic hydroxyl groups is 2. The summed E-state index contributed by atoms with van der Waals surface area (Å²) in [6.45, 7) is 4.49. The largest absolute Gasteiger partial charge is 0.494 e. The Bertz CT molecular complexity index is 1620. The molecule has 11 heteroatoms. The average molecular weight is 565 g/mol. The van der Waals surface area contributed by atoms with E-state index in [0.717, 1.165) is 0 Å². The number of hydrogen-bond donors (Lipinski definition) is 3. The van der Waals surface area contributed by atoms with Gasteiger partial charge in [-0.3, -0.25) is 4.79 Å². The van der Waals surface area contributed by atoms with Crippen LogP contribution in [-0.4, -0.2) is 57.7 Å². The van der Waals surface area contributed by atoms with E-state index in [4.69, 9.17) is 9.47 Å². The molecular weight excluding hydrogens is 534 g/mol. The zero-order valence-electron chi connectivity index (χ0n) is 23.0. The highest BCUT2D eigenvalue weighted by Crippen LogP contribution is 2.39. The highest BCUT2D eigenvalue weighted by molar-refractivity contribution is 5.99. The summed E-state index contributed by atoms with van der Waals surface area (Å²) in [6.07, 6.45) is -0.823. The van der Waals surface area contributed by atoms with E-state index in [1.165, 1.54) is 51.3 Å². The fourth-order valence-corrected chi connectivity index (χ4v) is 4.99. The smallest absolute Gasteiger partial charge is 0.251 e. The summed E-state index contributed by atoms with van der Waals surface area (Å²) in [6, 6.07) is 11.5. The Kier molecular flexibility index (Phi) is 7.45. The van der Waals surface area contributed by atoms with Gasteiger partial charge in [0.15, 0.2) is 5.82 Å². The first-order valence-corrected chi connectivity index (χ1v) is 13.0. The standard InChI is InChI=1S/C30H30F2N4O5/c1-16-9-18-10-19(11-23(40-4)26(18)36-35-16)28(38)33-15-30(13-21(37)14-41-30)24-12-22(29(2,3)39)25(32)27(34-24)17-5-7-20(31)8-6-17/h5-12,21,37,39H,13-15H2,1-4H3,(H,33,38)/t21-,30?/m1/s1. The first-order valence-electron chi connectivity index (χ1n) is 13.0. The number of nitrogens with zero attached hydrogens (tertiary/aromatic N) is 3. The normalized spacial score (nSPS) is 19.0. The van der Waals surface area contributed by atoms with E-state index in [1.807, 2.05) is 0 Å². The SMILES string of the molecule is COc1cc(C(=O)NCC2(c3cc(C(C)(C)O)c(F)c(-c4ccc(F)cc4)n3)C[C@@H](O)CO2)cc2cc(C)nnc12. The van der Waals surface area contributed by atoms with Crippen molar-refractivity contribution in [2.24, 2.45) is 0 Å². The maximum atomic E-state index is 15.7. The van der Waals surface area contributed by atoms with Crippen LogP contribution in [0.1, 0.15) is 47.6 Å². The van der Waals surface area contributed by atoms with Gasteiger partial charge in [0.1, 0.15) is 28.4 Å². The fraction of sp³-hybridized carbons (Fsp3) is 0.333. The van der Waals surface area contributed by atoms with E-state index < -0.39 is 34.8 Å². The second-order valence-electron chi connectivity index (χ2n) is 10.7. The summed E-state index contributed by atoms with van der Waals surface area (Å²) < 4.78 is 40.8. The van der Waals surface area contributed by atoms with Crippen LogP contribution in [0.4, 0.5) is 8.78 Å². The second-order valence-corrected chi connectivity index (χ2v) is 10.7. The van der Waals surface area contributed by atoms with E-state index in [9.17, 15) is 19.4 Å². The van der Waals surface area contributed by atoms with Gasteiger partial charge in [-0.2, -0.15) is 5.10 Å². The molecule has 0 aliphatic carbocycles. The highest BCUT2D eigenvalue weighted by Gasteiger charge is 2.44. The van der Waals surface area contributed by atoms with E-state index in [2.05, 4.69) is 20.5 Å². The maximum absolute atomic E-state index is 15.7. The average Bonchev–Trinajstić information content (AvgIpc) is 3.32. The Balaban J connectivity index is 1.54. The molecule has 5 rings (SSSR count). The zero-order chi connectivity index (χ0) is 29.5. The lowest BCUT2D eigenvalue weighted by molar-refractivity contribution is -0.00530. The van der Waals surface area contributed by atoms with Crippen molar-refractivity contribution in [1.82, 2.24) is 20.5 Å². The molecule has 3 N–H and O–H groups in total. The number of ether oxygens (including phenoxy) is 2. The van der Waals surface area contributed by atoms with E-state index in [1.54, 1.807) is 25.1 Å². The van der Waals surface area contributed by atoms with Gasteiger partial charge in [-0.25, -0.2) is 13.8 Å². The lowest BCUT2D eigenvalue weighted by Crippen LogP contribution is -2.42. The number of hydrogen-bond acceptors (Lipinski definition) is 8. The molecular formula is C30H30F2N4O5. The number of aromatic nitrogens is 3. The van der Waals surface area contributed by atoms with Crippen molar-refractivity contribution in [3.05, 3.63) is 82.7 Å². The summed E-state index contributed by atoms with van der Waals surface area (Å²) >= 11 is 0. The predicted octanol–water partition coefficient (Wildman–Crippen LogP) is 3.92. The summed E-state index contributed by atoms with van der Waals surface area (Å²) in [5.74, 6) is -1.34. The molecule has 1 unspecified atom stereocenters.